The second kappa shape index (κ2) is 15.8. The van der Waals surface area contributed by atoms with Gasteiger partial charge in [0.1, 0.15) is 0 Å². The zero-order valence-corrected chi connectivity index (χ0v) is 21.5. The minimum absolute atomic E-state index is 0.175. The van der Waals surface area contributed by atoms with E-state index in [4.69, 9.17) is 18.9 Å². The van der Waals surface area contributed by atoms with Gasteiger partial charge in [-0.1, -0.05) is 45.9 Å². The smallest absolute Gasteiger partial charge is 0.252 e. The van der Waals surface area contributed by atoms with E-state index < -0.39 is 0 Å². The van der Waals surface area contributed by atoms with E-state index in [1.807, 2.05) is 36.4 Å². The molecule has 0 aliphatic heterocycles. The highest BCUT2D eigenvalue weighted by Crippen LogP contribution is 2.40. The molecule has 0 radical (unpaired) electrons. The number of benzene rings is 2. The Labute approximate surface area is 208 Å². The third-order valence-electron chi connectivity index (χ3n) is 4.87. The second-order valence-corrected chi connectivity index (χ2v) is 9.26. The van der Waals surface area contributed by atoms with Gasteiger partial charge in [-0.25, -0.2) is 0 Å². The third-order valence-corrected chi connectivity index (χ3v) is 7.35. The van der Waals surface area contributed by atoms with Crippen molar-refractivity contribution in [1.82, 2.24) is 10.6 Å². The van der Waals surface area contributed by atoms with Crippen LogP contribution in [0.5, 0.6) is 0 Å². The van der Waals surface area contributed by atoms with Gasteiger partial charge in [-0.2, -0.15) is 0 Å². The molecule has 0 aliphatic carbocycles. The summed E-state index contributed by atoms with van der Waals surface area (Å²) in [5.74, 6) is -0.349. The summed E-state index contributed by atoms with van der Waals surface area (Å²) < 4.78 is 20.6. The van der Waals surface area contributed by atoms with Crippen LogP contribution in [0.25, 0.3) is 0 Å². The predicted molar refractivity (Wildman–Crippen MR) is 134 cm³/mol. The summed E-state index contributed by atoms with van der Waals surface area (Å²) in [6.45, 7) is 0.848. The first-order valence-electron chi connectivity index (χ1n) is 10.7. The van der Waals surface area contributed by atoms with Crippen molar-refractivity contribution in [2.24, 2.45) is 0 Å². The fraction of sp³-hybridized carbons (Fsp3) is 0.417. The zero-order valence-electron chi connectivity index (χ0n) is 19.9. The second-order valence-electron chi connectivity index (χ2n) is 7.05. The van der Waals surface area contributed by atoms with Crippen LogP contribution in [0.15, 0.2) is 58.3 Å². The van der Waals surface area contributed by atoms with Gasteiger partial charge >= 0.3 is 0 Å². The molecule has 34 heavy (non-hydrogen) atoms. The van der Waals surface area contributed by atoms with Gasteiger partial charge < -0.3 is 29.6 Å². The highest BCUT2D eigenvalue weighted by atomic mass is 33.1. The number of rotatable bonds is 15. The molecule has 2 N–H and O–H groups in total. The minimum atomic E-state index is -0.363. The summed E-state index contributed by atoms with van der Waals surface area (Å²) in [6.07, 6.45) is 0.359. The Hall–Kier alpha value is -2.08. The molecule has 8 nitrogen and oxygen atoms in total. The number of carbonyl (C=O) groups excluding carboxylic acids is 2. The fourth-order valence-corrected chi connectivity index (χ4v) is 5.36. The number of amides is 2. The van der Waals surface area contributed by atoms with Crippen LogP contribution in [-0.2, 0) is 18.9 Å². The number of hydrogen-bond donors (Lipinski definition) is 2. The zero-order chi connectivity index (χ0) is 24.8. The Morgan fingerprint density at radius 3 is 1.38 bits per heavy atom. The third kappa shape index (κ3) is 8.94. The largest absolute Gasteiger partial charge is 0.356 e. The Bertz CT molecular complexity index is 833. The summed E-state index contributed by atoms with van der Waals surface area (Å²) in [7, 11) is 9.11. The molecular formula is C24H32N2O6S2. The van der Waals surface area contributed by atoms with Gasteiger partial charge in [0.15, 0.2) is 12.6 Å². The van der Waals surface area contributed by atoms with Crippen molar-refractivity contribution >= 4 is 33.4 Å². The molecule has 2 amide bonds. The molecular weight excluding hydrogens is 476 g/mol. The molecule has 0 saturated carbocycles. The number of methoxy groups -OCH3 is 4. The van der Waals surface area contributed by atoms with Gasteiger partial charge in [0.25, 0.3) is 11.8 Å². The average Bonchev–Trinajstić information content (AvgIpc) is 2.88. The summed E-state index contributed by atoms with van der Waals surface area (Å²) in [5, 5.41) is 5.80. The van der Waals surface area contributed by atoms with Crippen molar-refractivity contribution in [3.8, 4) is 0 Å². The van der Waals surface area contributed by atoms with Crippen LogP contribution in [0.1, 0.15) is 33.6 Å². The maximum absolute atomic E-state index is 12.7. The lowest BCUT2D eigenvalue weighted by Gasteiger charge is -2.15. The first kappa shape index (κ1) is 28.2. The van der Waals surface area contributed by atoms with Gasteiger partial charge in [0.2, 0.25) is 0 Å². The molecule has 10 heteroatoms. The molecule has 0 unspecified atom stereocenters. The van der Waals surface area contributed by atoms with Crippen molar-refractivity contribution in [2.45, 2.75) is 35.2 Å². The van der Waals surface area contributed by atoms with E-state index in [2.05, 4.69) is 10.6 Å². The minimum Gasteiger partial charge on any atom is -0.356 e. The molecule has 0 aromatic heterocycles. The SMILES string of the molecule is COC(CCNC(=O)c1ccccc1SSc1ccccc1C(=O)NCCC(OC)OC)OC. The predicted octanol–water partition coefficient (Wildman–Crippen LogP) is 3.96. The van der Waals surface area contributed by atoms with Crippen molar-refractivity contribution < 1.29 is 28.5 Å². The quantitative estimate of drug-likeness (QED) is 0.276. The van der Waals surface area contributed by atoms with Crippen LogP contribution in [0.2, 0.25) is 0 Å². The lowest BCUT2D eigenvalue weighted by Crippen LogP contribution is -2.28. The molecule has 0 atom stereocenters. The van der Waals surface area contributed by atoms with E-state index in [0.29, 0.717) is 37.1 Å². The number of hydrogen-bond acceptors (Lipinski definition) is 8. The van der Waals surface area contributed by atoms with Gasteiger partial charge in [-0.05, 0) is 24.3 Å². The van der Waals surface area contributed by atoms with Gasteiger partial charge in [0, 0.05) is 64.2 Å². The van der Waals surface area contributed by atoms with Crippen LogP contribution >= 0.6 is 21.6 Å². The molecule has 0 spiro atoms. The van der Waals surface area contributed by atoms with Gasteiger partial charge in [0.05, 0.1) is 11.1 Å². The maximum Gasteiger partial charge on any atom is 0.252 e. The van der Waals surface area contributed by atoms with Crippen LogP contribution in [0, 0.1) is 0 Å². The Kier molecular flexibility index (Phi) is 13.0. The van der Waals surface area contributed by atoms with Crippen molar-refractivity contribution in [2.75, 3.05) is 41.5 Å². The van der Waals surface area contributed by atoms with Crippen LogP contribution in [-0.4, -0.2) is 65.9 Å². The maximum atomic E-state index is 12.7. The van der Waals surface area contributed by atoms with E-state index in [1.165, 1.54) is 21.6 Å². The van der Waals surface area contributed by atoms with E-state index in [0.717, 1.165) is 9.79 Å². The summed E-state index contributed by atoms with van der Waals surface area (Å²) in [4.78, 5) is 27.1. The summed E-state index contributed by atoms with van der Waals surface area (Å²) in [6, 6.07) is 14.7. The van der Waals surface area contributed by atoms with Crippen molar-refractivity contribution in [3.05, 3.63) is 59.7 Å². The van der Waals surface area contributed by atoms with E-state index in [-0.39, 0.29) is 24.4 Å². The first-order chi connectivity index (χ1) is 16.5. The van der Waals surface area contributed by atoms with E-state index >= 15 is 0 Å². The molecule has 0 aliphatic rings. The molecule has 0 fully saturated rings. The standard InChI is InChI=1S/C24H32N2O6S2/c1-29-21(30-2)13-15-25-23(27)17-9-5-7-11-19(17)33-34-20-12-8-6-10-18(20)24(28)26-16-14-22(31-3)32-4/h5-12,21-22H,13-16H2,1-4H3,(H,25,27)(H,26,28). The topological polar surface area (TPSA) is 95.1 Å². The monoisotopic (exact) mass is 508 g/mol. The van der Waals surface area contributed by atoms with Crippen LogP contribution < -0.4 is 10.6 Å². The van der Waals surface area contributed by atoms with Crippen molar-refractivity contribution in [3.63, 3.8) is 0 Å². The normalized spacial score (nSPS) is 11.1. The Balaban J connectivity index is 2.00. The molecule has 0 saturated heterocycles. The van der Waals surface area contributed by atoms with Crippen LogP contribution in [0.3, 0.4) is 0 Å². The molecule has 0 heterocycles. The van der Waals surface area contributed by atoms with E-state index in [9.17, 15) is 9.59 Å². The summed E-state index contributed by atoms with van der Waals surface area (Å²) in [5.41, 5.74) is 1.14. The van der Waals surface area contributed by atoms with Crippen LogP contribution in [0.4, 0.5) is 0 Å². The molecule has 2 aromatic carbocycles. The average molecular weight is 509 g/mol. The number of ether oxygens (including phenoxy) is 4. The Morgan fingerprint density at radius 1 is 0.676 bits per heavy atom. The lowest BCUT2D eigenvalue weighted by molar-refractivity contribution is -0.105. The number of carbonyl (C=O) groups is 2. The first-order valence-corrected chi connectivity index (χ1v) is 12.9. The fourth-order valence-electron chi connectivity index (χ4n) is 3.00. The number of nitrogens with one attached hydrogen (secondary N) is 2. The molecule has 2 aromatic rings. The van der Waals surface area contributed by atoms with E-state index in [1.54, 1.807) is 40.6 Å². The van der Waals surface area contributed by atoms with Crippen molar-refractivity contribution in [1.29, 1.82) is 0 Å². The molecule has 2 rings (SSSR count). The Morgan fingerprint density at radius 2 is 1.03 bits per heavy atom. The molecule has 186 valence electrons. The highest BCUT2D eigenvalue weighted by molar-refractivity contribution is 8.76. The van der Waals surface area contributed by atoms with Gasteiger partial charge in [-0.15, -0.1) is 0 Å². The lowest BCUT2D eigenvalue weighted by atomic mass is 10.2. The van der Waals surface area contributed by atoms with Gasteiger partial charge in [-0.3, -0.25) is 9.59 Å². The summed E-state index contributed by atoms with van der Waals surface area (Å²) >= 11 is 0. The molecule has 0 bridgehead atoms. The highest BCUT2D eigenvalue weighted by Gasteiger charge is 2.16.